The van der Waals surface area contributed by atoms with Crippen LogP contribution in [0.3, 0.4) is 0 Å². The van der Waals surface area contributed by atoms with Crippen molar-refractivity contribution in [2.24, 2.45) is 0 Å². The van der Waals surface area contributed by atoms with Crippen LogP contribution in [-0.4, -0.2) is 12.4 Å². The fourth-order valence-electron chi connectivity index (χ4n) is 1.72. The third-order valence-electron chi connectivity index (χ3n) is 3.17. The molecule has 0 heterocycles. The third-order valence-corrected chi connectivity index (χ3v) is 3.17. The minimum absolute atomic E-state index is 0.255. The third kappa shape index (κ3) is 15.6. The molecule has 0 aliphatic carbocycles. The van der Waals surface area contributed by atoms with Gasteiger partial charge in [0.25, 0.3) is 0 Å². The van der Waals surface area contributed by atoms with Gasteiger partial charge in [0.2, 0.25) is 0 Å². The van der Waals surface area contributed by atoms with E-state index in [2.05, 4.69) is 39.0 Å². The van der Waals surface area contributed by atoms with E-state index in [0.29, 0.717) is 6.42 Å². The number of hydrogen-bond acceptors (Lipinski definition) is 2. The summed E-state index contributed by atoms with van der Waals surface area (Å²) in [4.78, 5) is 9.81. The van der Waals surface area contributed by atoms with Crippen LogP contribution in [0.2, 0.25) is 0 Å². The zero-order valence-corrected chi connectivity index (χ0v) is 17.8. The molecular weight excluding hydrogens is 296 g/mol. The highest BCUT2D eigenvalue weighted by molar-refractivity contribution is 5.74. The number of carbonyl (C=O) groups is 1. The Balaban J connectivity index is -0.000000413. The Hall–Kier alpha value is -1.31. The van der Waals surface area contributed by atoms with Gasteiger partial charge in [0, 0.05) is 6.42 Å². The highest BCUT2D eigenvalue weighted by Gasteiger charge is 2.04. The van der Waals surface area contributed by atoms with Gasteiger partial charge in [0.15, 0.2) is 0 Å². The van der Waals surface area contributed by atoms with Crippen molar-refractivity contribution < 1.29 is 9.53 Å². The van der Waals surface area contributed by atoms with Gasteiger partial charge in [-0.1, -0.05) is 79.5 Å². The van der Waals surface area contributed by atoms with Gasteiger partial charge < -0.3 is 9.53 Å². The zero-order valence-electron chi connectivity index (χ0n) is 17.8. The molecule has 0 saturated heterocycles. The summed E-state index contributed by atoms with van der Waals surface area (Å²) in [6, 6.07) is 6.38. The van der Waals surface area contributed by atoms with E-state index in [9.17, 15) is 4.79 Å². The minimum atomic E-state index is 0.255. The number of benzene rings is 1. The summed E-state index contributed by atoms with van der Waals surface area (Å²) in [6.07, 6.45) is 5.38. The van der Waals surface area contributed by atoms with Crippen LogP contribution in [0.15, 0.2) is 18.2 Å². The Bertz CT molecular complexity index is 384. The molecule has 2 heteroatoms. The van der Waals surface area contributed by atoms with Crippen LogP contribution in [-0.2, 0) is 11.2 Å². The van der Waals surface area contributed by atoms with E-state index in [1.54, 1.807) is 6.92 Å². The lowest BCUT2D eigenvalue weighted by Gasteiger charge is -2.12. The molecule has 0 radical (unpaired) electrons. The second-order valence-electron chi connectivity index (χ2n) is 5.03. The maximum Gasteiger partial charge on any atom is 0.129 e. The van der Waals surface area contributed by atoms with Crippen LogP contribution in [0.4, 0.5) is 0 Å². The van der Waals surface area contributed by atoms with Crippen molar-refractivity contribution in [1.29, 1.82) is 0 Å². The van der Waals surface area contributed by atoms with Crippen LogP contribution in [0, 0.1) is 6.92 Å². The van der Waals surface area contributed by atoms with Crippen LogP contribution in [0.1, 0.15) is 92.2 Å². The number of Topliss-reactive ketones (excluding diaryl/α,β-unsaturated/α-hetero) is 1. The number of ketones is 1. The van der Waals surface area contributed by atoms with Gasteiger partial charge in [-0.3, -0.25) is 0 Å². The first kappa shape index (κ1) is 27.5. The van der Waals surface area contributed by atoms with Crippen LogP contribution in [0.25, 0.3) is 0 Å². The van der Waals surface area contributed by atoms with Crippen LogP contribution >= 0.6 is 0 Å². The largest absolute Gasteiger partial charge is 0.493 e. The number of aryl methyl sites for hydroxylation is 2. The van der Waals surface area contributed by atoms with Gasteiger partial charge in [0.05, 0.1) is 6.61 Å². The second kappa shape index (κ2) is 21.7. The smallest absolute Gasteiger partial charge is 0.129 e. The number of ether oxygens (including phenoxy) is 1. The fraction of sp³-hybridized carbons (Fsp3) is 0.682. The summed E-state index contributed by atoms with van der Waals surface area (Å²) >= 11 is 0. The standard InChI is InChI=1S/C14H22O.C4H8O.2C2H6/c1-4-6-7-11-15-14-12(3)9-8-10-13(14)5-2;1-3-4(2)5;2*1-2/h8-10H,4-7,11H2,1-3H3;3H2,1-2H3;2*1-2H3. The maximum absolute atomic E-state index is 9.81. The summed E-state index contributed by atoms with van der Waals surface area (Å²) in [6.45, 7) is 18.8. The molecule has 1 aromatic carbocycles. The Kier molecular flexibility index (Phi) is 24.9. The monoisotopic (exact) mass is 338 g/mol. The first-order chi connectivity index (χ1) is 11.6. The molecule has 1 rings (SSSR count). The van der Waals surface area contributed by atoms with Gasteiger partial charge in [-0.2, -0.15) is 0 Å². The molecule has 0 bridgehead atoms. The topological polar surface area (TPSA) is 26.3 Å². The van der Waals surface area contributed by atoms with Crippen LogP contribution < -0.4 is 4.74 Å². The summed E-state index contributed by atoms with van der Waals surface area (Å²) in [5, 5.41) is 0. The van der Waals surface area contributed by atoms with E-state index in [1.807, 2.05) is 34.6 Å². The molecule has 142 valence electrons. The van der Waals surface area contributed by atoms with Crippen molar-refractivity contribution in [3.63, 3.8) is 0 Å². The molecule has 0 spiro atoms. The summed E-state index contributed by atoms with van der Waals surface area (Å²) in [7, 11) is 0. The van der Waals surface area contributed by atoms with Gasteiger partial charge in [-0.05, 0) is 37.8 Å². The van der Waals surface area contributed by atoms with Gasteiger partial charge in [-0.25, -0.2) is 0 Å². The first-order valence-electron chi connectivity index (χ1n) is 9.77. The number of hydrogen-bond donors (Lipinski definition) is 0. The lowest BCUT2D eigenvalue weighted by Crippen LogP contribution is -2.01. The number of carbonyl (C=O) groups excluding carboxylic acids is 1. The van der Waals surface area contributed by atoms with E-state index in [1.165, 1.54) is 24.0 Å². The molecule has 24 heavy (non-hydrogen) atoms. The molecule has 0 fully saturated rings. The predicted molar refractivity (Wildman–Crippen MR) is 109 cm³/mol. The maximum atomic E-state index is 9.81. The molecule has 0 aliphatic rings. The quantitative estimate of drug-likeness (QED) is 0.493. The Labute approximate surface area is 152 Å². The van der Waals surface area contributed by atoms with Gasteiger partial charge in [0.1, 0.15) is 11.5 Å². The van der Waals surface area contributed by atoms with Crippen molar-refractivity contribution in [2.45, 2.75) is 94.4 Å². The zero-order chi connectivity index (χ0) is 19.4. The van der Waals surface area contributed by atoms with Crippen molar-refractivity contribution in [1.82, 2.24) is 0 Å². The summed E-state index contributed by atoms with van der Waals surface area (Å²) < 4.78 is 5.86. The average Bonchev–Trinajstić information content (AvgIpc) is 2.63. The molecule has 0 unspecified atom stereocenters. The minimum Gasteiger partial charge on any atom is -0.493 e. The molecule has 0 atom stereocenters. The average molecular weight is 339 g/mol. The lowest BCUT2D eigenvalue weighted by atomic mass is 10.1. The van der Waals surface area contributed by atoms with Crippen molar-refractivity contribution in [3.8, 4) is 5.75 Å². The van der Waals surface area contributed by atoms with Crippen molar-refractivity contribution in [2.75, 3.05) is 6.61 Å². The first-order valence-corrected chi connectivity index (χ1v) is 9.77. The number of para-hydroxylation sites is 1. The van der Waals surface area contributed by atoms with Crippen LogP contribution in [0.5, 0.6) is 5.75 Å². The fourth-order valence-corrected chi connectivity index (χ4v) is 1.72. The molecule has 2 nitrogen and oxygen atoms in total. The molecule has 1 aromatic rings. The molecule has 0 amide bonds. The predicted octanol–water partition coefficient (Wildman–Crippen LogP) is 7.16. The second-order valence-corrected chi connectivity index (χ2v) is 5.03. The molecule has 0 saturated carbocycles. The van der Waals surface area contributed by atoms with Gasteiger partial charge in [-0.15, -0.1) is 0 Å². The van der Waals surface area contributed by atoms with E-state index in [-0.39, 0.29) is 5.78 Å². The Morgan fingerprint density at radius 2 is 1.54 bits per heavy atom. The van der Waals surface area contributed by atoms with Crippen molar-refractivity contribution in [3.05, 3.63) is 29.3 Å². The Morgan fingerprint density at radius 1 is 1.00 bits per heavy atom. The molecule has 0 aliphatic heterocycles. The molecule has 0 N–H and O–H groups in total. The molecular formula is C22H42O2. The van der Waals surface area contributed by atoms with E-state index < -0.39 is 0 Å². The molecule has 0 aromatic heterocycles. The number of rotatable bonds is 7. The van der Waals surface area contributed by atoms with Gasteiger partial charge >= 0.3 is 0 Å². The van der Waals surface area contributed by atoms with E-state index in [0.717, 1.165) is 25.2 Å². The summed E-state index contributed by atoms with van der Waals surface area (Å²) in [5.74, 6) is 1.36. The highest BCUT2D eigenvalue weighted by atomic mass is 16.5. The van der Waals surface area contributed by atoms with Crippen molar-refractivity contribution >= 4 is 5.78 Å². The number of unbranched alkanes of at least 4 members (excludes halogenated alkanes) is 2. The van der Waals surface area contributed by atoms with E-state index >= 15 is 0 Å². The van der Waals surface area contributed by atoms with E-state index in [4.69, 9.17) is 4.74 Å². The Morgan fingerprint density at radius 3 is 1.96 bits per heavy atom. The summed E-state index contributed by atoms with van der Waals surface area (Å²) in [5.41, 5.74) is 2.58. The normalized spacial score (nSPS) is 8.54. The highest BCUT2D eigenvalue weighted by Crippen LogP contribution is 2.24. The SMILES string of the molecule is CC.CC.CCC(C)=O.CCCCCOc1c(C)cccc1CC. The lowest BCUT2D eigenvalue weighted by molar-refractivity contribution is -0.116.